The van der Waals surface area contributed by atoms with Crippen LogP contribution >= 0.6 is 11.6 Å². The van der Waals surface area contributed by atoms with E-state index in [1.54, 1.807) is 15.9 Å². The quantitative estimate of drug-likeness (QED) is 0.500. The Hall–Kier alpha value is -3.39. The van der Waals surface area contributed by atoms with E-state index < -0.39 is 5.60 Å². The number of carbonyl (C=O) groups is 1. The molecule has 1 unspecified atom stereocenters. The Kier molecular flexibility index (Phi) is 6.88. The number of nitrogens with zero attached hydrogens (tertiary/aromatic N) is 5. The van der Waals surface area contributed by atoms with Gasteiger partial charge in [0.25, 0.3) is 0 Å². The average molecular weight is 482 g/mol. The maximum atomic E-state index is 12.4. The molecule has 1 aromatic carbocycles. The SMILES string of the molecule is CC1CN(C(=O)OC(C)(C)C)CC=C1c1cnc(COc2ccc(-n3cncn3)cc2)c(Cl)c1. The highest BCUT2D eigenvalue weighted by atomic mass is 35.5. The zero-order chi connectivity index (χ0) is 24.3. The van der Waals surface area contributed by atoms with E-state index in [4.69, 9.17) is 21.1 Å². The van der Waals surface area contributed by atoms with Crippen LogP contribution in [-0.4, -0.2) is 49.4 Å². The lowest BCUT2D eigenvalue weighted by atomic mass is 9.91. The molecule has 1 atom stereocenters. The van der Waals surface area contributed by atoms with E-state index in [2.05, 4.69) is 22.0 Å². The topological polar surface area (TPSA) is 82.4 Å². The highest BCUT2D eigenvalue weighted by Crippen LogP contribution is 2.30. The van der Waals surface area contributed by atoms with Crippen LogP contribution in [0, 0.1) is 5.92 Å². The van der Waals surface area contributed by atoms with Crippen LogP contribution < -0.4 is 4.74 Å². The molecule has 3 heterocycles. The Bertz CT molecular complexity index is 1170. The molecule has 34 heavy (non-hydrogen) atoms. The van der Waals surface area contributed by atoms with Crippen molar-refractivity contribution in [3.05, 3.63) is 71.5 Å². The zero-order valence-corrected chi connectivity index (χ0v) is 20.5. The number of rotatable bonds is 5. The number of carbonyl (C=O) groups excluding carboxylic acids is 1. The summed E-state index contributed by atoms with van der Waals surface area (Å²) in [4.78, 5) is 22.6. The van der Waals surface area contributed by atoms with Crippen LogP contribution in [0.1, 0.15) is 39.0 Å². The van der Waals surface area contributed by atoms with E-state index in [1.807, 2.05) is 63.4 Å². The van der Waals surface area contributed by atoms with Gasteiger partial charge in [0.05, 0.1) is 16.4 Å². The minimum absolute atomic E-state index is 0.129. The van der Waals surface area contributed by atoms with E-state index >= 15 is 0 Å². The van der Waals surface area contributed by atoms with Gasteiger partial charge in [-0.05, 0) is 68.2 Å². The summed E-state index contributed by atoms with van der Waals surface area (Å²) in [5, 5.41) is 4.65. The molecule has 0 saturated heterocycles. The minimum atomic E-state index is -0.515. The van der Waals surface area contributed by atoms with E-state index in [-0.39, 0.29) is 18.6 Å². The van der Waals surface area contributed by atoms with Crippen LogP contribution in [-0.2, 0) is 11.3 Å². The maximum Gasteiger partial charge on any atom is 0.410 e. The lowest BCUT2D eigenvalue weighted by molar-refractivity contribution is 0.0251. The predicted molar refractivity (Wildman–Crippen MR) is 130 cm³/mol. The number of benzene rings is 1. The fraction of sp³-hybridized carbons (Fsp3) is 0.360. The second-order valence-electron chi connectivity index (χ2n) is 9.22. The van der Waals surface area contributed by atoms with Gasteiger partial charge >= 0.3 is 6.09 Å². The van der Waals surface area contributed by atoms with Crippen molar-refractivity contribution in [2.75, 3.05) is 13.1 Å². The summed E-state index contributed by atoms with van der Waals surface area (Å²) in [6, 6.07) is 9.44. The van der Waals surface area contributed by atoms with Crippen molar-refractivity contribution in [2.45, 2.75) is 39.9 Å². The summed E-state index contributed by atoms with van der Waals surface area (Å²) in [6.45, 7) is 9.00. The third-order valence-corrected chi connectivity index (χ3v) is 5.68. The van der Waals surface area contributed by atoms with Crippen LogP contribution in [0.3, 0.4) is 0 Å². The van der Waals surface area contributed by atoms with Gasteiger partial charge in [-0.3, -0.25) is 4.98 Å². The van der Waals surface area contributed by atoms with E-state index in [1.165, 1.54) is 6.33 Å². The Morgan fingerprint density at radius 3 is 2.62 bits per heavy atom. The molecule has 1 aliphatic rings. The third kappa shape index (κ3) is 5.75. The van der Waals surface area contributed by atoms with Gasteiger partial charge in [-0.15, -0.1) is 0 Å². The van der Waals surface area contributed by atoms with Crippen molar-refractivity contribution in [3.8, 4) is 11.4 Å². The van der Waals surface area contributed by atoms with Crippen LogP contribution in [0.15, 0.2) is 55.3 Å². The fourth-order valence-corrected chi connectivity index (χ4v) is 3.93. The van der Waals surface area contributed by atoms with Gasteiger partial charge in [0, 0.05) is 19.3 Å². The van der Waals surface area contributed by atoms with Crippen LogP contribution in [0.25, 0.3) is 11.3 Å². The first-order chi connectivity index (χ1) is 16.2. The van der Waals surface area contributed by atoms with Crippen molar-refractivity contribution in [1.29, 1.82) is 0 Å². The number of ether oxygens (including phenoxy) is 2. The normalized spacial score (nSPS) is 16.2. The van der Waals surface area contributed by atoms with Gasteiger partial charge in [-0.1, -0.05) is 24.6 Å². The standard InChI is InChI=1S/C25H28ClN5O3/c1-17-13-30(24(32)34-25(2,3)4)10-9-21(17)18-11-22(26)23(28-12-18)14-33-20-7-5-19(6-8-20)31-16-27-15-29-31/h5-9,11-12,15-17H,10,13-14H2,1-4H3. The molecule has 0 N–H and O–H groups in total. The van der Waals surface area contributed by atoms with Gasteiger partial charge in [-0.25, -0.2) is 14.5 Å². The van der Waals surface area contributed by atoms with Crippen molar-refractivity contribution in [2.24, 2.45) is 5.92 Å². The molecule has 0 saturated carbocycles. The second kappa shape index (κ2) is 9.85. The highest BCUT2D eigenvalue weighted by Gasteiger charge is 2.27. The summed E-state index contributed by atoms with van der Waals surface area (Å²) in [7, 11) is 0. The summed E-state index contributed by atoms with van der Waals surface area (Å²) in [6.07, 6.45) is 6.68. The number of hydrogen-bond donors (Lipinski definition) is 0. The van der Waals surface area contributed by atoms with Gasteiger partial charge in [0.2, 0.25) is 0 Å². The molecule has 8 nitrogen and oxygen atoms in total. The molecule has 1 aliphatic heterocycles. The van der Waals surface area contributed by atoms with Gasteiger partial charge in [-0.2, -0.15) is 5.10 Å². The molecule has 0 aliphatic carbocycles. The van der Waals surface area contributed by atoms with E-state index in [0.717, 1.165) is 16.8 Å². The average Bonchev–Trinajstić information content (AvgIpc) is 3.32. The zero-order valence-electron chi connectivity index (χ0n) is 19.7. The van der Waals surface area contributed by atoms with Crippen molar-refractivity contribution >= 4 is 23.3 Å². The number of aromatic nitrogens is 4. The monoisotopic (exact) mass is 481 g/mol. The molecule has 2 aromatic heterocycles. The summed E-state index contributed by atoms with van der Waals surface area (Å²) in [5.41, 5.74) is 3.10. The van der Waals surface area contributed by atoms with E-state index in [9.17, 15) is 4.79 Å². The molecule has 4 rings (SSSR count). The molecule has 9 heteroatoms. The van der Waals surface area contributed by atoms with Gasteiger partial charge < -0.3 is 14.4 Å². The molecule has 3 aromatic rings. The number of pyridine rings is 1. The van der Waals surface area contributed by atoms with Crippen LogP contribution in [0.5, 0.6) is 5.75 Å². The first kappa shape index (κ1) is 23.8. The van der Waals surface area contributed by atoms with Crippen LogP contribution in [0.4, 0.5) is 4.79 Å². The molecule has 0 fully saturated rings. The summed E-state index contributed by atoms with van der Waals surface area (Å²) >= 11 is 6.53. The molecular formula is C25H28ClN5O3. The first-order valence-electron chi connectivity index (χ1n) is 11.1. The van der Waals surface area contributed by atoms with E-state index in [0.29, 0.717) is 29.6 Å². The van der Waals surface area contributed by atoms with Gasteiger partial charge in [0.15, 0.2) is 0 Å². The van der Waals surface area contributed by atoms with Crippen molar-refractivity contribution < 1.29 is 14.3 Å². The summed E-state index contributed by atoms with van der Waals surface area (Å²) < 4.78 is 13.0. The first-order valence-corrected chi connectivity index (χ1v) is 11.5. The fourth-order valence-electron chi connectivity index (χ4n) is 3.71. The molecule has 0 spiro atoms. The molecule has 0 bridgehead atoms. The lowest BCUT2D eigenvalue weighted by Crippen LogP contribution is -2.41. The molecule has 0 radical (unpaired) electrons. The number of amides is 1. The number of hydrogen-bond acceptors (Lipinski definition) is 6. The Morgan fingerprint density at radius 2 is 2.00 bits per heavy atom. The predicted octanol–water partition coefficient (Wildman–Crippen LogP) is 5.16. The van der Waals surface area contributed by atoms with Gasteiger partial charge in [0.1, 0.15) is 30.6 Å². The number of halogens is 1. The Balaban J connectivity index is 1.38. The molecule has 178 valence electrons. The smallest absolute Gasteiger partial charge is 0.410 e. The third-order valence-electron chi connectivity index (χ3n) is 5.35. The summed E-state index contributed by atoms with van der Waals surface area (Å²) in [5.74, 6) is 0.835. The largest absolute Gasteiger partial charge is 0.487 e. The van der Waals surface area contributed by atoms with Crippen molar-refractivity contribution in [1.82, 2.24) is 24.6 Å². The molecular weight excluding hydrogens is 454 g/mol. The lowest BCUT2D eigenvalue weighted by Gasteiger charge is -2.33. The Labute approximate surface area is 204 Å². The Morgan fingerprint density at radius 1 is 1.24 bits per heavy atom. The maximum absolute atomic E-state index is 12.4. The highest BCUT2D eigenvalue weighted by molar-refractivity contribution is 6.31. The van der Waals surface area contributed by atoms with Crippen LogP contribution in [0.2, 0.25) is 5.02 Å². The second-order valence-corrected chi connectivity index (χ2v) is 9.63. The minimum Gasteiger partial charge on any atom is -0.487 e. The van der Waals surface area contributed by atoms with Crippen molar-refractivity contribution in [3.63, 3.8) is 0 Å². The molecule has 1 amide bonds.